The van der Waals surface area contributed by atoms with Crippen LogP contribution in [0.5, 0.6) is 0 Å². The Kier molecular flexibility index (Phi) is 12.1. The smallest absolute Gasteiger partial charge is 0.270 e. The van der Waals surface area contributed by atoms with Gasteiger partial charge in [-0.2, -0.15) is 33.7 Å². The summed E-state index contributed by atoms with van der Waals surface area (Å²) in [4.78, 5) is 0. The van der Waals surface area contributed by atoms with E-state index < -0.39 is 67.9 Å². The molecule has 0 aliphatic rings. The van der Waals surface area contributed by atoms with E-state index in [9.17, 15) is 47.3 Å². The minimum absolute atomic E-state index is 0.221. The maximum absolute atomic E-state index is 11.8. The van der Waals surface area contributed by atoms with E-state index in [0.29, 0.717) is 13.3 Å². The molecule has 0 aromatic heterocycles. The Labute approximate surface area is 184 Å². The second kappa shape index (κ2) is 12.2. The van der Waals surface area contributed by atoms with Gasteiger partial charge >= 0.3 is 0 Å². The zero-order valence-electron chi connectivity index (χ0n) is 17.4. The molecule has 4 unspecified atom stereocenters. The van der Waals surface area contributed by atoms with Gasteiger partial charge in [-0.25, -0.2) is 0 Å². The van der Waals surface area contributed by atoms with Crippen LogP contribution in [0, 0.1) is 0 Å². The van der Waals surface area contributed by atoms with Gasteiger partial charge in [0.25, 0.3) is 40.5 Å². The maximum atomic E-state index is 11.8. The Morgan fingerprint density at radius 1 is 0.613 bits per heavy atom. The Morgan fingerprint density at radius 3 is 1.42 bits per heavy atom. The summed E-state index contributed by atoms with van der Waals surface area (Å²) in [6.45, 7) is 2.61. The largest absolute Gasteiger partial charge is 0.285 e. The molecule has 0 bridgehead atoms. The van der Waals surface area contributed by atoms with Gasteiger partial charge in [-0.05, 0) is 19.8 Å². The summed E-state index contributed by atoms with van der Waals surface area (Å²) in [6.07, 6.45) is 3.92. The molecule has 12 nitrogen and oxygen atoms in total. The van der Waals surface area contributed by atoms with Gasteiger partial charge in [0.2, 0.25) is 0 Å². The summed E-state index contributed by atoms with van der Waals surface area (Å²) in [6, 6.07) is 0. The molecule has 31 heavy (non-hydrogen) atoms. The summed E-state index contributed by atoms with van der Waals surface area (Å²) in [5, 5.41) is -9.71. The Bertz CT molecular complexity index is 967. The van der Waals surface area contributed by atoms with Gasteiger partial charge < -0.3 is 0 Å². The molecule has 0 saturated heterocycles. The molecule has 0 rings (SSSR count). The van der Waals surface area contributed by atoms with Crippen molar-refractivity contribution in [2.24, 2.45) is 0 Å². The van der Waals surface area contributed by atoms with E-state index >= 15 is 0 Å². The molecular formula is C15H32O12S4. The van der Waals surface area contributed by atoms with E-state index in [1.807, 2.05) is 6.92 Å². The van der Waals surface area contributed by atoms with Crippen molar-refractivity contribution in [3.8, 4) is 0 Å². The fourth-order valence-electron chi connectivity index (χ4n) is 3.31. The molecule has 0 aliphatic heterocycles. The molecule has 0 amide bonds. The molecule has 4 N–H and O–H groups in total. The first-order valence-corrected chi connectivity index (χ1v) is 15.7. The fraction of sp³-hybridized carbons (Fsp3) is 1.00. The Balaban J connectivity index is 5.78. The Morgan fingerprint density at radius 2 is 1.06 bits per heavy atom. The highest BCUT2D eigenvalue weighted by molar-refractivity contribution is 7.92. The first kappa shape index (κ1) is 30.6. The van der Waals surface area contributed by atoms with Gasteiger partial charge in [0.15, 0.2) is 0 Å². The van der Waals surface area contributed by atoms with Gasteiger partial charge in [-0.3, -0.25) is 18.2 Å². The maximum Gasteiger partial charge on any atom is 0.270 e. The van der Waals surface area contributed by atoms with Crippen LogP contribution in [-0.2, 0) is 40.5 Å². The van der Waals surface area contributed by atoms with Gasteiger partial charge in [-0.1, -0.05) is 51.9 Å². The topological polar surface area (TPSA) is 217 Å². The minimum Gasteiger partial charge on any atom is -0.285 e. The van der Waals surface area contributed by atoms with Crippen molar-refractivity contribution in [3.63, 3.8) is 0 Å². The van der Waals surface area contributed by atoms with E-state index in [1.54, 1.807) is 0 Å². The summed E-state index contributed by atoms with van der Waals surface area (Å²) in [5.41, 5.74) is 0. The summed E-state index contributed by atoms with van der Waals surface area (Å²) in [5.74, 6) is 0. The van der Waals surface area contributed by atoms with Gasteiger partial charge in [0.05, 0.1) is 5.25 Å². The summed E-state index contributed by atoms with van der Waals surface area (Å²) in [7, 11) is -21.1. The second-order valence-electron chi connectivity index (χ2n) is 7.54. The highest BCUT2D eigenvalue weighted by Crippen LogP contribution is 2.28. The highest BCUT2D eigenvalue weighted by Gasteiger charge is 2.49. The molecular weight excluding hydrogens is 500 g/mol. The fourth-order valence-corrected chi connectivity index (χ4v) is 8.69. The van der Waals surface area contributed by atoms with Crippen molar-refractivity contribution in [1.29, 1.82) is 0 Å². The molecule has 0 spiro atoms. The van der Waals surface area contributed by atoms with E-state index in [-0.39, 0.29) is 12.8 Å². The number of rotatable bonds is 16. The van der Waals surface area contributed by atoms with Crippen molar-refractivity contribution in [2.75, 3.05) is 0 Å². The van der Waals surface area contributed by atoms with Crippen molar-refractivity contribution >= 4 is 40.5 Å². The van der Waals surface area contributed by atoms with Crippen LogP contribution in [0.25, 0.3) is 0 Å². The van der Waals surface area contributed by atoms with Crippen LogP contribution in [-0.4, -0.2) is 72.9 Å². The molecule has 0 heterocycles. The van der Waals surface area contributed by atoms with Crippen LogP contribution in [0.15, 0.2) is 0 Å². The van der Waals surface area contributed by atoms with Crippen LogP contribution < -0.4 is 0 Å². The lowest BCUT2D eigenvalue weighted by Crippen LogP contribution is -2.50. The van der Waals surface area contributed by atoms with Gasteiger partial charge in [0.1, 0.15) is 15.7 Å². The quantitative estimate of drug-likeness (QED) is 0.164. The highest BCUT2D eigenvalue weighted by atomic mass is 32.2. The minimum atomic E-state index is -5.51. The average molecular weight is 533 g/mol. The zero-order chi connectivity index (χ0) is 24.7. The van der Waals surface area contributed by atoms with Crippen LogP contribution in [0.4, 0.5) is 0 Å². The van der Waals surface area contributed by atoms with Gasteiger partial charge in [0, 0.05) is 0 Å². The number of unbranched alkanes of at least 4 members (excludes halogenated alkanes) is 6. The lowest BCUT2D eigenvalue weighted by Gasteiger charge is -2.28. The molecule has 0 aliphatic carbocycles. The van der Waals surface area contributed by atoms with Crippen molar-refractivity contribution in [3.05, 3.63) is 0 Å². The standard InChI is InChI=1S/C15H32O12S4/c1-3-4-5-6-7-8-9-10-13(29(19,20)21)11-14(30(22,23)24)15(31(25,26)27)12(2)28(16,17)18/h12-15H,3-11H2,1-2H3,(H,16,17,18)(H,19,20,21)(H,22,23,24)(H,25,26,27). The second-order valence-corrected chi connectivity index (χ2v) is 14.2. The van der Waals surface area contributed by atoms with Gasteiger partial charge in [-0.15, -0.1) is 0 Å². The predicted octanol–water partition coefficient (Wildman–Crippen LogP) is 1.56. The summed E-state index contributed by atoms with van der Waals surface area (Å²) < 4.78 is 131. The van der Waals surface area contributed by atoms with Crippen molar-refractivity contribution in [2.45, 2.75) is 92.6 Å². The van der Waals surface area contributed by atoms with E-state index in [4.69, 9.17) is 4.55 Å². The molecule has 4 atom stereocenters. The Hall–Kier alpha value is -0.360. The first-order chi connectivity index (χ1) is 13.8. The normalized spacial score (nSPS) is 17.7. The molecule has 16 heteroatoms. The monoisotopic (exact) mass is 532 g/mol. The third kappa shape index (κ3) is 11.4. The first-order valence-electron chi connectivity index (χ1n) is 9.68. The lowest BCUT2D eigenvalue weighted by atomic mass is 10.0. The van der Waals surface area contributed by atoms with E-state index in [0.717, 1.165) is 32.1 Å². The van der Waals surface area contributed by atoms with Crippen LogP contribution >= 0.6 is 0 Å². The molecule has 0 aromatic rings. The van der Waals surface area contributed by atoms with E-state index in [1.165, 1.54) is 0 Å². The van der Waals surface area contributed by atoms with Crippen LogP contribution in [0.2, 0.25) is 0 Å². The third-order valence-corrected chi connectivity index (χ3v) is 10.6. The number of hydrogen-bond acceptors (Lipinski definition) is 8. The van der Waals surface area contributed by atoms with E-state index in [2.05, 4.69) is 0 Å². The van der Waals surface area contributed by atoms with Crippen molar-refractivity contribution < 1.29 is 51.9 Å². The predicted molar refractivity (Wildman–Crippen MR) is 114 cm³/mol. The molecule has 0 saturated carbocycles. The van der Waals surface area contributed by atoms with Crippen LogP contribution in [0.3, 0.4) is 0 Å². The molecule has 188 valence electrons. The SMILES string of the molecule is CCCCCCCCCC(CC(C(C(C)S(=O)(=O)O)S(=O)(=O)O)S(=O)(=O)O)S(=O)(=O)O. The third-order valence-electron chi connectivity index (χ3n) is 5.07. The zero-order valence-corrected chi connectivity index (χ0v) is 20.6. The molecule has 0 radical (unpaired) electrons. The molecule has 0 fully saturated rings. The lowest BCUT2D eigenvalue weighted by molar-refractivity contribution is 0.405. The van der Waals surface area contributed by atoms with Crippen LogP contribution in [0.1, 0.15) is 71.6 Å². The summed E-state index contributed by atoms with van der Waals surface area (Å²) >= 11 is 0. The molecule has 0 aromatic carbocycles. The van der Waals surface area contributed by atoms with Crippen molar-refractivity contribution in [1.82, 2.24) is 0 Å². The average Bonchev–Trinajstić information content (AvgIpc) is 2.54. The number of hydrogen-bond donors (Lipinski definition) is 4.